The van der Waals surface area contributed by atoms with Crippen molar-refractivity contribution in [3.63, 3.8) is 0 Å². The topological polar surface area (TPSA) is 102 Å². The van der Waals surface area contributed by atoms with Crippen molar-refractivity contribution in [3.05, 3.63) is 23.8 Å². The molecule has 7 heteroatoms. The van der Waals surface area contributed by atoms with E-state index in [2.05, 4.69) is 10.6 Å². The average Bonchev–Trinajstić information content (AvgIpc) is 2.69. The van der Waals surface area contributed by atoms with Gasteiger partial charge in [0.1, 0.15) is 5.75 Å². The summed E-state index contributed by atoms with van der Waals surface area (Å²) in [5.41, 5.74) is 0.134. The van der Waals surface area contributed by atoms with Gasteiger partial charge in [0.05, 0.1) is 17.8 Å². The molecule has 0 unspecified atom stereocenters. The number of amides is 1. The number of nitrogens with zero attached hydrogens (tertiary/aromatic N) is 1. The van der Waals surface area contributed by atoms with Crippen molar-refractivity contribution in [2.24, 2.45) is 0 Å². The Morgan fingerprint density at radius 1 is 1.29 bits per heavy atom. The number of carbonyl (C=O) groups is 2. The molecule has 0 atom stereocenters. The Balaban J connectivity index is 1.98. The molecule has 1 heterocycles. The second-order valence-electron chi connectivity index (χ2n) is 4.96. The number of rotatable bonds is 4. The predicted molar refractivity (Wildman–Crippen MR) is 77.6 cm³/mol. The van der Waals surface area contributed by atoms with E-state index in [1.54, 1.807) is 0 Å². The second kappa shape index (κ2) is 7.05. The standard InChI is InChI=1S/C14H19N3O4/c18-12-3-2-10(14(20)21)8-11(12)16-13(19)9-17-6-1-4-15-5-7-17/h2-3,8,15,18H,1,4-7,9H2,(H,16,19)(H,20,21). The van der Waals surface area contributed by atoms with Crippen LogP contribution in [0.15, 0.2) is 18.2 Å². The van der Waals surface area contributed by atoms with Gasteiger partial charge in [-0.3, -0.25) is 9.69 Å². The van der Waals surface area contributed by atoms with E-state index in [-0.39, 0.29) is 29.5 Å². The third-order valence-electron chi connectivity index (χ3n) is 3.32. The molecule has 1 saturated heterocycles. The first-order chi connectivity index (χ1) is 10.1. The number of hydrogen-bond donors (Lipinski definition) is 4. The van der Waals surface area contributed by atoms with E-state index in [4.69, 9.17) is 5.11 Å². The minimum atomic E-state index is -1.11. The highest BCUT2D eigenvalue weighted by Crippen LogP contribution is 2.24. The summed E-state index contributed by atoms with van der Waals surface area (Å²) in [6.45, 7) is 3.63. The second-order valence-corrected chi connectivity index (χ2v) is 4.96. The van der Waals surface area contributed by atoms with Gasteiger partial charge in [0, 0.05) is 13.1 Å². The highest BCUT2D eigenvalue weighted by molar-refractivity contribution is 5.96. The highest BCUT2D eigenvalue weighted by atomic mass is 16.4. The zero-order chi connectivity index (χ0) is 15.2. The number of hydrogen-bond acceptors (Lipinski definition) is 5. The average molecular weight is 293 g/mol. The zero-order valence-electron chi connectivity index (χ0n) is 11.6. The van der Waals surface area contributed by atoms with Gasteiger partial charge in [0.15, 0.2) is 0 Å². The van der Waals surface area contributed by atoms with Crippen molar-refractivity contribution >= 4 is 17.6 Å². The number of aromatic hydroxyl groups is 1. The molecule has 2 rings (SSSR count). The van der Waals surface area contributed by atoms with Gasteiger partial charge < -0.3 is 20.8 Å². The van der Waals surface area contributed by atoms with Crippen LogP contribution in [0.25, 0.3) is 0 Å². The molecule has 1 aliphatic rings. The van der Waals surface area contributed by atoms with Crippen molar-refractivity contribution in [2.75, 3.05) is 38.0 Å². The maximum Gasteiger partial charge on any atom is 0.335 e. The molecule has 114 valence electrons. The third-order valence-corrected chi connectivity index (χ3v) is 3.32. The minimum Gasteiger partial charge on any atom is -0.506 e. The maximum atomic E-state index is 12.0. The number of phenols is 1. The summed E-state index contributed by atoms with van der Waals surface area (Å²) in [6.07, 6.45) is 0.979. The fourth-order valence-electron chi connectivity index (χ4n) is 2.22. The summed E-state index contributed by atoms with van der Waals surface area (Å²) in [4.78, 5) is 24.9. The van der Waals surface area contributed by atoms with Gasteiger partial charge in [-0.1, -0.05) is 0 Å². The minimum absolute atomic E-state index is 0.0158. The molecule has 0 aliphatic carbocycles. The molecule has 1 amide bonds. The molecule has 7 nitrogen and oxygen atoms in total. The smallest absolute Gasteiger partial charge is 0.335 e. The Labute approximate surface area is 122 Å². The van der Waals surface area contributed by atoms with E-state index in [1.165, 1.54) is 18.2 Å². The number of aromatic carboxylic acids is 1. The quantitative estimate of drug-likeness (QED) is 0.597. The van der Waals surface area contributed by atoms with Crippen LogP contribution in [0.3, 0.4) is 0 Å². The van der Waals surface area contributed by atoms with E-state index in [9.17, 15) is 14.7 Å². The molecular formula is C14H19N3O4. The van der Waals surface area contributed by atoms with Crippen LogP contribution in [0.2, 0.25) is 0 Å². The first-order valence-electron chi connectivity index (χ1n) is 6.85. The first-order valence-corrected chi connectivity index (χ1v) is 6.85. The van der Waals surface area contributed by atoms with E-state index in [0.29, 0.717) is 0 Å². The lowest BCUT2D eigenvalue weighted by molar-refractivity contribution is -0.117. The van der Waals surface area contributed by atoms with Crippen LogP contribution in [-0.2, 0) is 4.79 Å². The van der Waals surface area contributed by atoms with Crippen LogP contribution < -0.4 is 10.6 Å². The fraction of sp³-hybridized carbons (Fsp3) is 0.429. The summed E-state index contributed by atoms with van der Waals surface area (Å²) in [5, 5.41) is 24.4. The zero-order valence-corrected chi connectivity index (χ0v) is 11.6. The van der Waals surface area contributed by atoms with Crippen molar-refractivity contribution in [3.8, 4) is 5.75 Å². The van der Waals surface area contributed by atoms with Crippen LogP contribution in [0.1, 0.15) is 16.8 Å². The molecule has 1 fully saturated rings. The van der Waals surface area contributed by atoms with Crippen molar-refractivity contribution in [1.29, 1.82) is 0 Å². The molecule has 0 spiro atoms. The Morgan fingerprint density at radius 3 is 2.86 bits per heavy atom. The Morgan fingerprint density at radius 2 is 2.10 bits per heavy atom. The molecule has 21 heavy (non-hydrogen) atoms. The fourth-order valence-corrected chi connectivity index (χ4v) is 2.22. The third kappa shape index (κ3) is 4.44. The molecule has 0 saturated carbocycles. The number of carbonyl (C=O) groups excluding carboxylic acids is 1. The molecule has 1 aromatic carbocycles. The molecule has 1 aromatic rings. The van der Waals surface area contributed by atoms with Crippen molar-refractivity contribution < 1.29 is 19.8 Å². The molecule has 0 bridgehead atoms. The monoisotopic (exact) mass is 293 g/mol. The Bertz CT molecular complexity index is 525. The summed E-state index contributed by atoms with van der Waals surface area (Å²) in [7, 11) is 0. The number of anilines is 1. The lowest BCUT2D eigenvalue weighted by Crippen LogP contribution is -2.35. The number of benzene rings is 1. The van der Waals surface area contributed by atoms with Gasteiger partial charge in [-0.15, -0.1) is 0 Å². The van der Waals surface area contributed by atoms with Gasteiger partial charge in [-0.25, -0.2) is 4.79 Å². The molecule has 0 aromatic heterocycles. The van der Waals surface area contributed by atoms with E-state index < -0.39 is 5.97 Å². The van der Waals surface area contributed by atoms with Crippen LogP contribution in [0.4, 0.5) is 5.69 Å². The molecule has 0 radical (unpaired) electrons. The number of carboxylic acids is 1. The number of nitrogens with one attached hydrogen (secondary N) is 2. The van der Waals surface area contributed by atoms with Crippen LogP contribution in [-0.4, -0.2) is 59.7 Å². The van der Waals surface area contributed by atoms with Gasteiger partial charge >= 0.3 is 5.97 Å². The lowest BCUT2D eigenvalue weighted by atomic mass is 10.2. The van der Waals surface area contributed by atoms with Crippen molar-refractivity contribution in [1.82, 2.24) is 10.2 Å². The summed E-state index contributed by atoms with van der Waals surface area (Å²) in [6, 6.07) is 3.79. The van der Waals surface area contributed by atoms with E-state index >= 15 is 0 Å². The Hall–Kier alpha value is -2.12. The predicted octanol–water partition coefficient (Wildman–Crippen LogP) is 0.324. The first kappa shape index (κ1) is 15.3. The SMILES string of the molecule is O=C(CN1CCCNCC1)Nc1cc(C(=O)O)ccc1O. The molecular weight excluding hydrogens is 274 g/mol. The highest BCUT2D eigenvalue weighted by Gasteiger charge is 2.15. The van der Waals surface area contributed by atoms with Crippen LogP contribution >= 0.6 is 0 Å². The van der Waals surface area contributed by atoms with E-state index in [0.717, 1.165) is 32.6 Å². The van der Waals surface area contributed by atoms with Gasteiger partial charge in [-0.05, 0) is 37.7 Å². The normalized spacial score (nSPS) is 16.2. The maximum absolute atomic E-state index is 12.0. The van der Waals surface area contributed by atoms with Gasteiger partial charge in [0.2, 0.25) is 5.91 Å². The summed E-state index contributed by atoms with van der Waals surface area (Å²) < 4.78 is 0. The van der Waals surface area contributed by atoms with E-state index in [1.807, 2.05) is 4.90 Å². The number of phenolic OH excluding ortho intramolecular Hbond substituents is 1. The van der Waals surface area contributed by atoms with Crippen LogP contribution in [0.5, 0.6) is 5.75 Å². The largest absolute Gasteiger partial charge is 0.506 e. The molecule has 1 aliphatic heterocycles. The van der Waals surface area contributed by atoms with Crippen molar-refractivity contribution in [2.45, 2.75) is 6.42 Å². The summed E-state index contributed by atoms with van der Waals surface area (Å²) in [5.74, 6) is -1.52. The Kier molecular flexibility index (Phi) is 5.13. The summed E-state index contributed by atoms with van der Waals surface area (Å²) >= 11 is 0. The van der Waals surface area contributed by atoms with Gasteiger partial charge in [0.25, 0.3) is 0 Å². The molecule has 4 N–H and O–H groups in total. The van der Waals surface area contributed by atoms with Gasteiger partial charge in [-0.2, -0.15) is 0 Å². The lowest BCUT2D eigenvalue weighted by Gasteiger charge is -2.19. The van der Waals surface area contributed by atoms with Crippen LogP contribution in [0, 0.1) is 0 Å². The number of carboxylic acid groups (broad SMARTS) is 1.